The molecule has 0 radical (unpaired) electrons. The molecule has 2 atom stereocenters. The summed E-state index contributed by atoms with van der Waals surface area (Å²) in [6.07, 6.45) is 0.494. The van der Waals surface area contributed by atoms with E-state index in [0.717, 1.165) is 5.56 Å². The fourth-order valence-corrected chi connectivity index (χ4v) is 3.57. The molecule has 6 heteroatoms. The van der Waals surface area contributed by atoms with Gasteiger partial charge in [0.25, 0.3) is 5.69 Å². The third kappa shape index (κ3) is 1.96. The van der Waals surface area contributed by atoms with Gasteiger partial charge in [0.2, 0.25) is 11.8 Å². The molecule has 2 aromatic carbocycles. The molecule has 1 saturated heterocycles. The van der Waals surface area contributed by atoms with E-state index in [2.05, 4.69) is 0 Å². The Morgan fingerprint density at radius 1 is 1.08 bits per heavy atom. The number of non-ortho nitro benzene ring substituents is 1. The third-order valence-corrected chi connectivity index (χ3v) is 4.93. The Morgan fingerprint density at radius 2 is 1.75 bits per heavy atom. The molecule has 24 heavy (non-hydrogen) atoms. The second-order valence-electron chi connectivity index (χ2n) is 6.25. The number of carbonyl (C=O) groups is 2. The quantitative estimate of drug-likeness (QED) is 0.492. The smallest absolute Gasteiger partial charge is 0.269 e. The minimum absolute atomic E-state index is 0.0229. The third-order valence-electron chi connectivity index (χ3n) is 4.93. The van der Waals surface area contributed by atoms with Gasteiger partial charge in [-0.15, -0.1) is 0 Å². The molecule has 0 bridgehead atoms. The van der Waals surface area contributed by atoms with E-state index in [1.807, 2.05) is 30.3 Å². The number of nitrogens with zero attached hydrogens (tertiary/aromatic N) is 2. The average Bonchev–Trinajstić information content (AvgIpc) is 3.32. The molecule has 2 aromatic rings. The molecular formula is C18H14N2O4. The van der Waals surface area contributed by atoms with Crippen LogP contribution in [-0.4, -0.2) is 21.6 Å². The highest BCUT2D eigenvalue weighted by Gasteiger charge is 2.72. The van der Waals surface area contributed by atoms with Gasteiger partial charge in [-0.2, -0.15) is 0 Å². The number of benzene rings is 2. The molecule has 0 aromatic heterocycles. The van der Waals surface area contributed by atoms with Crippen molar-refractivity contribution in [3.8, 4) is 0 Å². The summed E-state index contributed by atoms with van der Waals surface area (Å²) in [5, 5.41) is 10.8. The van der Waals surface area contributed by atoms with Gasteiger partial charge < -0.3 is 0 Å². The SMILES string of the molecule is O=C1C2CC2(c2ccc([N+](=O)[O-])cc2)C(=O)N1Cc1ccccc1. The number of hydrogen-bond acceptors (Lipinski definition) is 4. The zero-order chi connectivity index (χ0) is 16.9. The fourth-order valence-electron chi connectivity index (χ4n) is 3.57. The molecule has 2 aliphatic rings. The highest BCUT2D eigenvalue weighted by Crippen LogP contribution is 2.60. The summed E-state index contributed by atoms with van der Waals surface area (Å²) in [5.74, 6) is -0.687. The van der Waals surface area contributed by atoms with Crippen LogP contribution in [0.4, 0.5) is 5.69 Å². The first-order valence-corrected chi connectivity index (χ1v) is 7.69. The Bertz CT molecular complexity index is 847. The van der Waals surface area contributed by atoms with Crippen molar-refractivity contribution >= 4 is 17.5 Å². The summed E-state index contributed by atoms with van der Waals surface area (Å²) in [4.78, 5) is 37.0. The van der Waals surface area contributed by atoms with Gasteiger partial charge in [-0.05, 0) is 17.5 Å². The highest BCUT2D eigenvalue weighted by molar-refractivity contribution is 6.15. The number of amides is 2. The largest absolute Gasteiger partial charge is 0.277 e. The number of likely N-dealkylation sites (tertiary alicyclic amines) is 1. The van der Waals surface area contributed by atoms with Gasteiger partial charge in [0, 0.05) is 12.1 Å². The van der Waals surface area contributed by atoms with Crippen molar-refractivity contribution in [2.45, 2.75) is 18.4 Å². The predicted molar refractivity (Wildman–Crippen MR) is 84.9 cm³/mol. The van der Waals surface area contributed by atoms with E-state index >= 15 is 0 Å². The van der Waals surface area contributed by atoms with Crippen LogP contribution < -0.4 is 0 Å². The van der Waals surface area contributed by atoms with Crippen LogP contribution in [0.3, 0.4) is 0 Å². The summed E-state index contributed by atoms with van der Waals surface area (Å²) in [5.41, 5.74) is 0.748. The zero-order valence-corrected chi connectivity index (χ0v) is 12.7. The van der Waals surface area contributed by atoms with Crippen molar-refractivity contribution in [2.75, 3.05) is 0 Å². The maximum atomic E-state index is 12.9. The number of nitro groups is 1. The lowest BCUT2D eigenvalue weighted by Gasteiger charge is -2.19. The van der Waals surface area contributed by atoms with Gasteiger partial charge in [0.15, 0.2) is 0 Å². The molecule has 1 heterocycles. The normalized spacial score (nSPS) is 24.8. The zero-order valence-electron chi connectivity index (χ0n) is 12.7. The van der Waals surface area contributed by atoms with E-state index in [1.165, 1.54) is 17.0 Å². The van der Waals surface area contributed by atoms with Gasteiger partial charge in [-0.25, -0.2) is 0 Å². The van der Waals surface area contributed by atoms with Crippen LogP contribution in [0.25, 0.3) is 0 Å². The molecule has 1 aliphatic carbocycles. The van der Waals surface area contributed by atoms with Crippen LogP contribution in [0.5, 0.6) is 0 Å². The molecule has 2 unspecified atom stereocenters. The van der Waals surface area contributed by atoms with E-state index in [-0.39, 0.29) is 30.0 Å². The minimum Gasteiger partial charge on any atom is -0.277 e. The van der Waals surface area contributed by atoms with Crippen molar-refractivity contribution < 1.29 is 14.5 Å². The summed E-state index contributed by atoms with van der Waals surface area (Å²) in [6, 6.07) is 15.3. The van der Waals surface area contributed by atoms with Crippen molar-refractivity contribution in [1.29, 1.82) is 0 Å². The van der Waals surface area contributed by atoms with E-state index < -0.39 is 10.3 Å². The minimum atomic E-state index is -0.818. The second-order valence-corrected chi connectivity index (χ2v) is 6.25. The van der Waals surface area contributed by atoms with E-state index in [9.17, 15) is 19.7 Å². The molecular weight excluding hydrogens is 308 g/mol. The summed E-state index contributed by atoms with van der Waals surface area (Å²) in [6.45, 7) is 0.268. The van der Waals surface area contributed by atoms with Crippen molar-refractivity contribution in [3.63, 3.8) is 0 Å². The van der Waals surface area contributed by atoms with Crippen LogP contribution >= 0.6 is 0 Å². The number of rotatable bonds is 4. The monoisotopic (exact) mass is 322 g/mol. The lowest BCUT2D eigenvalue weighted by Crippen LogP contribution is -2.35. The Kier molecular flexibility index (Phi) is 3.03. The van der Waals surface area contributed by atoms with Gasteiger partial charge in [0.05, 0.1) is 22.8 Å². The van der Waals surface area contributed by atoms with E-state index in [1.54, 1.807) is 12.1 Å². The molecule has 2 amide bonds. The topological polar surface area (TPSA) is 80.5 Å². The van der Waals surface area contributed by atoms with Gasteiger partial charge in [-0.1, -0.05) is 42.5 Å². The molecule has 4 rings (SSSR count). The standard InChI is InChI=1S/C18H14N2O4/c21-16-15-10-18(15,13-6-8-14(9-7-13)20(23)24)17(22)19(16)11-12-4-2-1-3-5-12/h1-9,15H,10-11H2. The van der Waals surface area contributed by atoms with E-state index in [4.69, 9.17) is 0 Å². The summed E-state index contributed by atoms with van der Waals surface area (Å²) in [7, 11) is 0. The predicted octanol–water partition coefficient (Wildman–Crippen LogP) is 2.42. The molecule has 6 nitrogen and oxygen atoms in total. The number of nitro benzene ring substituents is 1. The number of hydrogen-bond donors (Lipinski definition) is 0. The van der Waals surface area contributed by atoms with Crippen LogP contribution in [0.2, 0.25) is 0 Å². The summed E-state index contributed by atoms with van der Waals surface area (Å²) < 4.78 is 0. The molecule has 2 fully saturated rings. The van der Waals surface area contributed by atoms with Crippen molar-refractivity contribution in [2.24, 2.45) is 5.92 Å². The second kappa shape index (κ2) is 4.99. The van der Waals surface area contributed by atoms with Crippen molar-refractivity contribution in [1.82, 2.24) is 4.90 Å². The Balaban J connectivity index is 1.62. The lowest BCUT2D eigenvalue weighted by atomic mass is 9.94. The first kappa shape index (κ1) is 14.6. The first-order chi connectivity index (χ1) is 11.5. The Labute approximate surface area is 137 Å². The molecule has 0 N–H and O–H groups in total. The highest BCUT2D eigenvalue weighted by atomic mass is 16.6. The fraction of sp³-hybridized carbons (Fsp3) is 0.222. The molecule has 1 aliphatic heterocycles. The van der Waals surface area contributed by atoms with Gasteiger partial charge in [-0.3, -0.25) is 24.6 Å². The van der Waals surface area contributed by atoms with Gasteiger partial charge >= 0.3 is 0 Å². The van der Waals surface area contributed by atoms with Crippen LogP contribution in [0.15, 0.2) is 54.6 Å². The Hall–Kier alpha value is -3.02. The lowest BCUT2D eigenvalue weighted by molar-refractivity contribution is -0.384. The van der Waals surface area contributed by atoms with Crippen LogP contribution in [0, 0.1) is 16.0 Å². The number of carbonyl (C=O) groups excluding carboxylic acids is 2. The van der Waals surface area contributed by atoms with Crippen LogP contribution in [0.1, 0.15) is 17.5 Å². The number of piperidine rings is 1. The number of fused-ring (bicyclic) bond motifs is 1. The Morgan fingerprint density at radius 3 is 2.38 bits per heavy atom. The van der Waals surface area contributed by atoms with E-state index in [0.29, 0.717) is 12.0 Å². The van der Waals surface area contributed by atoms with Gasteiger partial charge in [0.1, 0.15) is 0 Å². The molecule has 1 saturated carbocycles. The number of imide groups is 1. The molecule has 0 spiro atoms. The van der Waals surface area contributed by atoms with Crippen molar-refractivity contribution in [3.05, 3.63) is 75.8 Å². The average molecular weight is 322 g/mol. The first-order valence-electron chi connectivity index (χ1n) is 7.69. The summed E-state index contributed by atoms with van der Waals surface area (Å²) >= 11 is 0. The maximum Gasteiger partial charge on any atom is 0.269 e. The van der Waals surface area contributed by atoms with Crippen LogP contribution in [-0.2, 0) is 21.5 Å². The maximum absolute atomic E-state index is 12.9. The molecule has 120 valence electrons.